The summed E-state index contributed by atoms with van der Waals surface area (Å²) in [6, 6.07) is 17.2. The van der Waals surface area contributed by atoms with Gasteiger partial charge in [0, 0.05) is 18.4 Å². The number of fused-ring (bicyclic) bond motifs is 1. The molecule has 3 nitrogen and oxygen atoms in total. The van der Waals surface area contributed by atoms with E-state index in [2.05, 4.69) is 0 Å². The lowest BCUT2D eigenvalue weighted by Gasteiger charge is -2.22. The Balaban J connectivity index is 2.01. The number of carbonyl (C=O) groups is 2. The Kier molecular flexibility index (Phi) is 3.33. The van der Waals surface area contributed by atoms with E-state index < -0.39 is 0 Å². The van der Waals surface area contributed by atoms with E-state index in [4.69, 9.17) is 0 Å². The Labute approximate surface area is 117 Å². The van der Waals surface area contributed by atoms with E-state index in [1.165, 1.54) is 0 Å². The van der Waals surface area contributed by atoms with E-state index in [9.17, 15) is 9.59 Å². The zero-order valence-electron chi connectivity index (χ0n) is 11.1. The molecular formula is C17H15NO2. The molecule has 0 aromatic heterocycles. The Hall–Kier alpha value is -2.42. The summed E-state index contributed by atoms with van der Waals surface area (Å²) in [6.45, 7) is 0.504. The minimum absolute atomic E-state index is 0.00662. The lowest BCUT2D eigenvalue weighted by Crippen LogP contribution is -2.29. The molecule has 0 fully saturated rings. The summed E-state index contributed by atoms with van der Waals surface area (Å²) in [4.78, 5) is 26.1. The van der Waals surface area contributed by atoms with Crippen LogP contribution in [-0.4, -0.2) is 11.7 Å². The summed E-state index contributed by atoms with van der Waals surface area (Å²) < 4.78 is 0. The molecule has 0 saturated heterocycles. The topological polar surface area (TPSA) is 37.4 Å². The highest BCUT2D eigenvalue weighted by Gasteiger charge is 2.26. The minimum Gasteiger partial charge on any atom is -0.307 e. The normalized spacial score (nSPS) is 14.9. The molecular weight excluding hydrogens is 250 g/mol. The van der Waals surface area contributed by atoms with Crippen LogP contribution in [0.5, 0.6) is 0 Å². The highest BCUT2D eigenvalue weighted by molar-refractivity contribution is 6.09. The largest absolute Gasteiger partial charge is 0.307 e. The van der Waals surface area contributed by atoms with E-state index in [1.807, 2.05) is 48.5 Å². The quantitative estimate of drug-likeness (QED) is 0.836. The van der Waals surface area contributed by atoms with Gasteiger partial charge in [-0.05, 0) is 17.7 Å². The summed E-state index contributed by atoms with van der Waals surface area (Å²) in [5.74, 6) is 0.0525. The van der Waals surface area contributed by atoms with Crippen molar-refractivity contribution in [3.63, 3.8) is 0 Å². The molecule has 20 heavy (non-hydrogen) atoms. The van der Waals surface area contributed by atoms with Gasteiger partial charge in [0.15, 0.2) is 5.78 Å². The maximum Gasteiger partial charge on any atom is 0.227 e. The lowest BCUT2D eigenvalue weighted by molar-refractivity contribution is -0.118. The van der Waals surface area contributed by atoms with Crippen LogP contribution in [0, 0.1) is 0 Å². The molecule has 2 aromatic rings. The smallest absolute Gasteiger partial charge is 0.227 e. The minimum atomic E-state index is 0.00662. The predicted octanol–water partition coefficient (Wildman–Crippen LogP) is 3.20. The van der Waals surface area contributed by atoms with E-state index >= 15 is 0 Å². The second kappa shape index (κ2) is 5.29. The number of carbonyl (C=O) groups excluding carboxylic acids is 2. The number of rotatable bonds is 2. The van der Waals surface area contributed by atoms with Crippen molar-refractivity contribution >= 4 is 17.4 Å². The van der Waals surface area contributed by atoms with Crippen LogP contribution >= 0.6 is 0 Å². The zero-order valence-corrected chi connectivity index (χ0v) is 11.1. The molecule has 0 bridgehead atoms. The Morgan fingerprint density at radius 1 is 0.850 bits per heavy atom. The molecule has 0 unspecified atom stereocenters. The molecule has 1 aliphatic rings. The fourth-order valence-corrected chi connectivity index (χ4v) is 2.51. The highest BCUT2D eigenvalue weighted by atomic mass is 16.2. The number of amides is 1. The average Bonchev–Trinajstić information content (AvgIpc) is 2.61. The molecule has 0 aliphatic carbocycles. The lowest BCUT2D eigenvalue weighted by atomic mass is 10.1. The number of Topliss-reactive ketones (excluding diaryl/α,β-unsaturated/α-hetero) is 1. The van der Waals surface area contributed by atoms with Gasteiger partial charge in [0.25, 0.3) is 0 Å². The first-order valence-corrected chi connectivity index (χ1v) is 6.72. The standard InChI is InChI=1S/C17H15NO2/c19-16-10-11-17(20)18(12-13-6-2-1-3-7-13)15-9-5-4-8-14(15)16/h1-9H,10-12H2. The van der Waals surface area contributed by atoms with E-state index in [0.29, 0.717) is 18.5 Å². The fourth-order valence-electron chi connectivity index (χ4n) is 2.51. The first-order valence-electron chi connectivity index (χ1n) is 6.72. The van der Waals surface area contributed by atoms with Crippen molar-refractivity contribution in [2.24, 2.45) is 0 Å². The third kappa shape index (κ3) is 2.35. The molecule has 100 valence electrons. The first kappa shape index (κ1) is 12.6. The van der Waals surface area contributed by atoms with Crippen molar-refractivity contribution in [3.8, 4) is 0 Å². The Bertz CT molecular complexity index is 649. The van der Waals surface area contributed by atoms with Gasteiger partial charge in [0.2, 0.25) is 5.91 Å². The van der Waals surface area contributed by atoms with Gasteiger partial charge >= 0.3 is 0 Å². The molecule has 0 radical (unpaired) electrons. The van der Waals surface area contributed by atoms with Gasteiger partial charge in [-0.25, -0.2) is 0 Å². The van der Waals surface area contributed by atoms with E-state index in [-0.39, 0.29) is 18.1 Å². The number of anilines is 1. The number of hydrogen-bond donors (Lipinski definition) is 0. The van der Waals surface area contributed by atoms with Crippen molar-refractivity contribution in [1.82, 2.24) is 0 Å². The van der Waals surface area contributed by atoms with Crippen molar-refractivity contribution in [3.05, 3.63) is 65.7 Å². The Morgan fingerprint density at radius 2 is 1.55 bits per heavy atom. The maximum absolute atomic E-state index is 12.3. The monoisotopic (exact) mass is 265 g/mol. The maximum atomic E-state index is 12.3. The summed E-state index contributed by atoms with van der Waals surface area (Å²) in [7, 11) is 0. The number of benzene rings is 2. The van der Waals surface area contributed by atoms with Gasteiger partial charge in [-0.3, -0.25) is 9.59 Å². The molecule has 0 N–H and O–H groups in total. The third-order valence-electron chi connectivity index (χ3n) is 3.55. The van der Waals surface area contributed by atoms with Gasteiger partial charge in [-0.2, -0.15) is 0 Å². The predicted molar refractivity (Wildman–Crippen MR) is 77.6 cm³/mol. The van der Waals surface area contributed by atoms with Crippen molar-refractivity contribution in [1.29, 1.82) is 0 Å². The molecule has 1 amide bonds. The second-order valence-electron chi connectivity index (χ2n) is 4.91. The highest BCUT2D eigenvalue weighted by Crippen LogP contribution is 2.28. The number of nitrogens with zero attached hydrogens (tertiary/aromatic N) is 1. The first-order chi connectivity index (χ1) is 9.75. The van der Waals surface area contributed by atoms with Crippen LogP contribution in [-0.2, 0) is 11.3 Å². The van der Waals surface area contributed by atoms with Gasteiger partial charge in [0.1, 0.15) is 0 Å². The van der Waals surface area contributed by atoms with Gasteiger partial charge in [0.05, 0.1) is 12.2 Å². The molecule has 0 spiro atoms. The summed E-state index contributed by atoms with van der Waals surface area (Å²) in [6.07, 6.45) is 0.571. The SMILES string of the molecule is O=C1CCC(=O)N(Cc2ccccc2)c2ccccc21. The summed E-state index contributed by atoms with van der Waals surface area (Å²) in [5, 5.41) is 0. The Morgan fingerprint density at radius 3 is 2.35 bits per heavy atom. The van der Waals surface area contributed by atoms with Crippen molar-refractivity contribution in [2.45, 2.75) is 19.4 Å². The number of hydrogen-bond acceptors (Lipinski definition) is 2. The number of ketones is 1. The molecule has 1 aliphatic heterocycles. The summed E-state index contributed by atoms with van der Waals surface area (Å²) in [5.41, 5.74) is 2.43. The average molecular weight is 265 g/mol. The van der Waals surface area contributed by atoms with Crippen LogP contribution in [0.25, 0.3) is 0 Å². The van der Waals surface area contributed by atoms with Gasteiger partial charge < -0.3 is 4.90 Å². The molecule has 3 rings (SSSR count). The molecule has 2 aromatic carbocycles. The van der Waals surface area contributed by atoms with Crippen LogP contribution in [0.2, 0.25) is 0 Å². The second-order valence-corrected chi connectivity index (χ2v) is 4.91. The third-order valence-corrected chi connectivity index (χ3v) is 3.55. The van der Waals surface area contributed by atoms with Gasteiger partial charge in [-0.1, -0.05) is 42.5 Å². The molecule has 3 heteroatoms. The van der Waals surface area contributed by atoms with Crippen LogP contribution in [0.1, 0.15) is 28.8 Å². The van der Waals surface area contributed by atoms with E-state index in [1.54, 1.807) is 11.0 Å². The van der Waals surface area contributed by atoms with Crippen LogP contribution in [0.4, 0.5) is 5.69 Å². The van der Waals surface area contributed by atoms with Crippen molar-refractivity contribution in [2.75, 3.05) is 4.90 Å². The van der Waals surface area contributed by atoms with Crippen LogP contribution in [0.15, 0.2) is 54.6 Å². The summed E-state index contributed by atoms with van der Waals surface area (Å²) >= 11 is 0. The van der Waals surface area contributed by atoms with Gasteiger partial charge in [-0.15, -0.1) is 0 Å². The van der Waals surface area contributed by atoms with E-state index in [0.717, 1.165) is 11.3 Å². The van der Waals surface area contributed by atoms with Crippen molar-refractivity contribution < 1.29 is 9.59 Å². The van der Waals surface area contributed by atoms with Crippen LogP contribution < -0.4 is 4.90 Å². The van der Waals surface area contributed by atoms with Crippen LogP contribution in [0.3, 0.4) is 0 Å². The molecule has 1 heterocycles. The fraction of sp³-hybridized carbons (Fsp3) is 0.176. The molecule has 0 atom stereocenters. The molecule has 0 saturated carbocycles. The number of para-hydroxylation sites is 1. The zero-order chi connectivity index (χ0) is 13.9.